The molecule has 0 radical (unpaired) electrons. The third-order valence-corrected chi connectivity index (χ3v) is 3.84. The molecule has 2 rings (SSSR count). The highest BCUT2D eigenvalue weighted by Gasteiger charge is 2.08. The van der Waals surface area contributed by atoms with E-state index < -0.39 is 0 Å². The highest BCUT2D eigenvalue weighted by Crippen LogP contribution is 2.26. The van der Waals surface area contributed by atoms with E-state index in [2.05, 4.69) is 10.2 Å². The van der Waals surface area contributed by atoms with E-state index in [4.69, 9.17) is 16.3 Å². The lowest BCUT2D eigenvalue weighted by atomic mass is 10.1. The Morgan fingerprint density at radius 3 is 2.68 bits per heavy atom. The number of carbonyl (C=O) groups is 1. The first kappa shape index (κ1) is 14.0. The van der Waals surface area contributed by atoms with Gasteiger partial charge >= 0.3 is 0 Å². The number of carbonyl (C=O) groups excluding carboxylic acids is 1. The first-order valence-electron chi connectivity index (χ1n) is 5.84. The summed E-state index contributed by atoms with van der Waals surface area (Å²) in [6.07, 6.45) is 0.867. The van der Waals surface area contributed by atoms with Gasteiger partial charge in [-0.25, -0.2) is 0 Å². The molecule has 2 aromatic rings. The zero-order valence-corrected chi connectivity index (χ0v) is 12.2. The minimum Gasteiger partial charge on any atom is -0.485 e. The number of benzene rings is 1. The Morgan fingerprint density at radius 2 is 2.11 bits per heavy atom. The molecule has 0 aliphatic carbocycles. The van der Waals surface area contributed by atoms with Crippen molar-refractivity contribution < 1.29 is 9.53 Å². The number of rotatable bonds is 5. The molecule has 4 nitrogen and oxygen atoms in total. The number of halogens is 1. The lowest BCUT2D eigenvalue weighted by Crippen LogP contribution is -1.97. The lowest BCUT2D eigenvalue weighted by Gasteiger charge is -2.06. The molecular weight excluding hydrogens is 284 g/mol. The van der Waals surface area contributed by atoms with Crippen LogP contribution >= 0.6 is 22.9 Å². The normalized spacial score (nSPS) is 10.5. The number of Topliss-reactive ketones (excluding diaryl/α,β-unsaturated/α-hetero) is 1. The van der Waals surface area contributed by atoms with Crippen LogP contribution in [0.25, 0.3) is 0 Å². The van der Waals surface area contributed by atoms with Gasteiger partial charge in [-0.2, -0.15) is 0 Å². The number of aromatic nitrogens is 2. The molecule has 0 unspecified atom stereocenters. The molecule has 0 bridgehead atoms. The second kappa shape index (κ2) is 6.12. The first-order valence-corrected chi connectivity index (χ1v) is 7.04. The van der Waals surface area contributed by atoms with Gasteiger partial charge in [0, 0.05) is 5.56 Å². The molecule has 0 aliphatic rings. The molecule has 100 valence electrons. The second-order valence-electron chi connectivity index (χ2n) is 3.93. The van der Waals surface area contributed by atoms with Crippen LogP contribution in [-0.4, -0.2) is 16.0 Å². The van der Waals surface area contributed by atoms with E-state index in [9.17, 15) is 4.79 Å². The van der Waals surface area contributed by atoms with E-state index in [1.54, 1.807) is 18.2 Å². The summed E-state index contributed by atoms with van der Waals surface area (Å²) in [6, 6.07) is 5.00. The van der Waals surface area contributed by atoms with Crippen LogP contribution in [-0.2, 0) is 13.0 Å². The minimum atomic E-state index is -0.0230. The van der Waals surface area contributed by atoms with Crippen molar-refractivity contribution >= 4 is 28.7 Å². The first-order chi connectivity index (χ1) is 9.10. The number of aryl methyl sites for hydroxylation is 1. The van der Waals surface area contributed by atoms with E-state index in [-0.39, 0.29) is 5.78 Å². The molecule has 0 aliphatic heterocycles. The average Bonchev–Trinajstić information content (AvgIpc) is 2.85. The van der Waals surface area contributed by atoms with Gasteiger partial charge in [-0.05, 0) is 31.5 Å². The van der Waals surface area contributed by atoms with E-state index in [1.165, 1.54) is 18.3 Å². The summed E-state index contributed by atoms with van der Waals surface area (Å²) in [4.78, 5) is 11.2. The maximum Gasteiger partial charge on any atom is 0.159 e. The van der Waals surface area contributed by atoms with E-state index >= 15 is 0 Å². The number of ketones is 1. The SMILES string of the molecule is CCc1nnc(COc2ccc(C(C)=O)cc2Cl)s1. The summed E-state index contributed by atoms with van der Waals surface area (Å²) < 4.78 is 5.58. The largest absolute Gasteiger partial charge is 0.485 e. The number of hydrogen-bond donors (Lipinski definition) is 0. The summed E-state index contributed by atoms with van der Waals surface area (Å²) in [5.41, 5.74) is 0.571. The van der Waals surface area contributed by atoms with Crippen molar-refractivity contribution in [1.29, 1.82) is 0 Å². The fourth-order valence-electron chi connectivity index (χ4n) is 1.47. The Morgan fingerprint density at radius 1 is 1.37 bits per heavy atom. The predicted octanol–water partition coefficient (Wildman–Crippen LogP) is 3.54. The van der Waals surface area contributed by atoms with Gasteiger partial charge < -0.3 is 4.74 Å². The van der Waals surface area contributed by atoms with Crippen LogP contribution in [0, 0.1) is 0 Å². The Balaban J connectivity index is 2.05. The van der Waals surface area contributed by atoms with Gasteiger partial charge in [-0.1, -0.05) is 29.9 Å². The fourth-order valence-corrected chi connectivity index (χ4v) is 2.40. The monoisotopic (exact) mass is 296 g/mol. The number of hydrogen-bond acceptors (Lipinski definition) is 5. The molecule has 0 N–H and O–H groups in total. The van der Waals surface area contributed by atoms with Crippen molar-refractivity contribution in [2.45, 2.75) is 26.9 Å². The second-order valence-corrected chi connectivity index (χ2v) is 5.49. The Hall–Kier alpha value is -1.46. The van der Waals surface area contributed by atoms with Gasteiger partial charge in [-0.15, -0.1) is 10.2 Å². The molecule has 0 atom stereocenters. The smallest absolute Gasteiger partial charge is 0.159 e. The maximum absolute atomic E-state index is 11.2. The molecule has 0 saturated carbocycles. The van der Waals surface area contributed by atoms with Crippen molar-refractivity contribution in [3.8, 4) is 5.75 Å². The van der Waals surface area contributed by atoms with Crippen LogP contribution in [0.5, 0.6) is 5.75 Å². The summed E-state index contributed by atoms with van der Waals surface area (Å²) in [7, 11) is 0. The minimum absolute atomic E-state index is 0.0230. The average molecular weight is 297 g/mol. The maximum atomic E-state index is 11.2. The van der Waals surface area contributed by atoms with Crippen LogP contribution in [0.2, 0.25) is 5.02 Å². The predicted molar refractivity (Wildman–Crippen MR) is 75.1 cm³/mol. The molecule has 19 heavy (non-hydrogen) atoms. The molecule has 0 saturated heterocycles. The van der Waals surface area contributed by atoms with Crippen LogP contribution < -0.4 is 4.74 Å². The van der Waals surface area contributed by atoms with Gasteiger partial charge in [0.1, 0.15) is 17.4 Å². The number of nitrogens with zero attached hydrogens (tertiary/aromatic N) is 2. The highest BCUT2D eigenvalue weighted by atomic mass is 35.5. The fraction of sp³-hybridized carbons (Fsp3) is 0.308. The van der Waals surface area contributed by atoms with E-state index in [0.29, 0.717) is 22.9 Å². The van der Waals surface area contributed by atoms with Crippen molar-refractivity contribution in [3.05, 3.63) is 38.8 Å². The Bertz CT molecular complexity index is 598. The molecule has 0 spiro atoms. The van der Waals surface area contributed by atoms with Gasteiger partial charge in [0.05, 0.1) is 5.02 Å². The Kier molecular flexibility index (Phi) is 4.50. The summed E-state index contributed by atoms with van der Waals surface area (Å²) in [5.74, 6) is 0.519. The molecule has 1 aromatic heterocycles. The molecule has 0 amide bonds. The van der Waals surface area contributed by atoms with Crippen LogP contribution in [0.3, 0.4) is 0 Å². The van der Waals surface area contributed by atoms with E-state index in [0.717, 1.165) is 16.4 Å². The number of ether oxygens (including phenoxy) is 1. The summed E-state index contributed by atoms with van der Waals surface area (Å²) in [6.45, 7) is 3.86. The third-order valence-electron chi connectivity index (χ3n) is 2.50. The van der Waals surface area contributed by atoms with Gasteiger partial charge in [0.25, 0.3) is 0 Å². The van der Waals surface area contributed by atoms with Gasteiger partial charge in [0.15, 0.2) is 10.8 Å². The Labute approximate surface area is 120 Å². The highest BCUT2D eigenvalue weighted by molar-refractivity contribution is 7.11. The topological polar surface area (TPSA) is 52.1 Å². The third kappa shape index (κ3) is 3.52. The quantitative estimate of drug-likeness (QED) is 0.792. The molecule has 6 heteroatoms. The molecular formula is C13H13ClN2O2S. The van der Waals surface area contributed by atoms with Gasteiger partial charge in [0.2, 0.25) is 0 Å². The van der Waals surface area contributed by atoms with Crippen LogP contribution in [0.15, 0.2) is 18.2 Å². The summed E-state index contributed by atoms with van der Waals surface area (Å²) in [5, 5.41) is 10.3. The zero-order valence-electron chi connectivity index (χ0n) is 10.6. The zero-order chi connectivity index (χ0) is 13.8. The van der Waals surface area contributed by atoms with Crippen molar-refractivity contribution in [2.24, 2.45) is 0 Å². The molecule has 0 fully saturated rings. The van der Waals surface area contributed by atoms with Gasteiger partial charge in [-0.3, -0.25) is 4.79 Å². The summed E-state index contributed by atoms with van der Waals surface area (Å²) >= 11 is 7.58. The standard InChI is InChI=1S/C13H13ClN2O2S/c1-3-12-15-16-13(19-12)7-18-11-5-4-9(8(2)17)6-10(11)14/h4-6H,3,7H2,1-2H3. The van der Waals surface area contributed by atoms with E-state index in [1.807, 2.05) is 6.92 Å². The van der Waals surface area contributed by atoms with Crippen LogP contribution in [0.4, 0.5) is 0 Å². The van der Waals surface area contributed by atoms with Crippen molar-refractivity contribution in [1.82, 2.24) is 10.2 Å². The van der Waals surface area contributed by atoms with Crippen molar-refractivity contribution in [3.63, 3.8) is 0 Å². The molecule has 1 aromatic carbocycles. The lowest BCUT2D eigenvalue weighted by molar-refractivity contribution is 0.101. The van der Waals surface area contributed by atoms with Crippen molar-refractivity contribution in [2.75, 3.05) is 0 Å². The van der Waals surface area contributed by atoms with Crippen LogP contribution in [0.1, 0.15) is 34.2 Å². The molecule has 1 heterocycles.